The van der Waals surface area contributed by atoms with Crippen molar-refractivity contribution in [3.05, 3.63) is 65.6 Å². The molecule has 2 N–H and O–H groups in total. The second-order valence-electron chi connectivity index (χ2n) is 6.36. The first kappa shape index (κ1) is 18.4. The van der Waals surface area contributed by atoms with Crippen LogP contribution < -0.4 is 15.0 Å². The van der Waals surface area contributed by atoms with Gasteiger partial charge >= 0.3 is 6.03 Å². The van der Waals surface area contributed by atoms with Gasteiger partial charge in [-0.1, -0.05) is 11.8 Å². The van der Waals surface area contributed by atoms with Crippen LogP contribution in [0.5, 0.6) is 5.88 Å². The lowest BCUT2D eigenvalue weighted by Crippen LogP contribution is -2.45. The van der Waals surface area contributed by atoms with Gasteiger partial charge in [-0.25, -0.2) is 14.2 Å². The topological polar surface area (TPSA) is 96.0 Å². The van der Waals surface area contributed by atoms with Gasteiger partial charge in [0.25, 0.3) is 0 Å². The molecule has 0 fully saturated rings. The van der Waals surface area contributed by atoms with Crippen molar-refractivity contribution in [2.75, 3.05) is 18.1 Å². The van der Waals surface area contributed by atoms with E-state index in [1.165, 1.54) is 6.07 Å². The monoisotopic (exact) mass is 392 g/mol. The molecule has 1 aliphatic heterocycles. The zero-order valence-corrected chi connectivity index (χ0v) is 15.5. The molecule has 3 aromatic rings. The third-order valence-corrected chi connectivity index (χ3v) is 4.31. The van der Waals surface area contributed by atoms with Crippen LogP contribution in [0.15, 0.2) is 43.0 Å². The highest BCUT2D eigenvalue weighted by Crippen LogP contribution is 2.30. The van der Waals surface area contributed by atoms with Gasteiger partial charge in [0.15, 0.2) is 0 Å². The highest BCUT2D eigenvalue weighted by Gasteiger charge is 2.26. The Hall–Kier alpha value is -3.93. The third kappa shape index (κ3) is 4.16. The molecule has 0 bridgehead atoms. The molecule has 146 valence electrons. The number of aromatic amines is 1. The molecular weight excluding hydrogens is 375 g/mol. The normalized spacial score (nSPS) is 13.5. The van der Waals surface area contributed by atoms with Crippen LogP contribution in [-0.2, 0) is 0 Å². The molecule has 4 rings (SSSR count). The molecule has 0 unspecified atom stereocenters. The molecule has 1 aliphatic rings. The van der Waals surface area contributed by atoms with E-state index in [9.17, 15) is 9.18 Å². The summed E-state index contributed by atoms with van der Waals surface area (Å²) in [5.41, 5.74) is 2.48. The summed E-state index contributed by atoms with van der Waals surface area (Å²) < 4.78 is 18.6. The van der Waals surface area contributed by atoms with Crippen LogP contribution in [0.2, 0.25) is 0 Å². The Kier molecular flexibility index (Phi) is 5.07. The molecule has 0 saturated heterocycles. The maximum absolute atomic E-state index is 13.1. The Labute approximate surface area is 166 Å². The fourth-order valence-corrected chi connectivity index (χ4v) is 2.82. The highest BCUT2D eigenvalue weighted by atomic mass is 19.1. The number of hydrogen-bond acceptors (Lipinski definition) is 5. The number of rotatable bonds is 2. The SMILES string of the molecule is C[C@H](NC(=O)N1CCOc2ncc(C#Cc3cn[nH]c3)cc21)c1ccc(F)cn1. The summed E-state index contributed by atoms with van der Waals surface area (Å²) in [5, 5.41) is 9.41. The number of carbonyl (C=O) groups is 1. The van der Waals surface area contributed by atoms with Gasteiger partial charge in [0.2, 0.25) is 5.88 Å². The number of urea groups is 1. The number of nitrogens with one attached hydrogen (secondary N) is 2. The van der Waals surface area contributed by atoms with Crippen molar-refractivity contribution in [3.8, 4) is 17.7 Å². The first-order chi connectivity index (χ1) is 14.1. The van der Waals surface area contributed by atoms with Crippen LogP contribution in [0.3, 0.4) is 0 Å². The molecule has 0 spiro atoms. The summed E-state index contributed by atoms with van der Waals surface area (Å²) in [6.45, 7) is 2.48. The number of H-pyrrole nitrogens is 1. The number of nitrogens with zero attached hydrogens (tertiary/aromatic N) is 4. The Balaban J connectivity index is 1.54. The van der Waals surface area contributed by atoms with Gasteiger partial charge in [0.1, 0.15) is 18.1 Å². The zero-order chi connectivity index (χ0) is 20.2. The lowest BCUT2D eigenvalue weighted by atomic mass is 10.2. The molecule has 29 heavy (non-hydrogen) atoms. The predicted octanol–water partition coefficient (Wildman–Crippen LogP) is 2.41. The van der Waals surface area contributed by atoms with Crippen molar-refractivity contribution >= 4 is 11.7 Å². The van der Waals surface area contributed by atoms with Gasteiger partial charge in [-0.05, 0) is 25.1 Å². The number of amides is 2. The molecule has 4 heterocycles. The van der Waals surface area contributed by atoms with E-state index in [-0.39, 0.29) is 6.03 Å². The lowest BCUT2D eigenvalue weighted by molar-refractivity contribution is 0.235. The fourth-order valence-electron chi connectivity index (χ4n) is 2.82. The number of anilines is 1. The zero-order valence-electron chi connectivity index (χ0n) is 15.5. The van der Waals surface area contributed by atoms with Crippen LogP contribution in [0.4, 0.5) is 14.9 Å². The van der Waals surface area contributed by atoms with Gasteiger partial charge in [-0.3, -0.25) is 15.0 Å². The maximum Gasteiger partial charge on any atom is 0.322 e. The van der Waals surface area contributed by atoms with E-state index >= 15 is 0 Å². The molecule has 0 saturated carbocycles. The predicted molar refractivity (Wildman–Crippen MR) is 103 cm³/mol. The summed E-state index contributed by atoms with van der Waals surface area (Å²) in [5.74, 6) is 5.91. The van der Waals surface area contributed by atoms with Crippen molar-refractivity contribution in [1.29, 1.82) is 0 Å². The minimum atomic E-state index is -0.426. The Morgan fingerprint density at radius 2 is 2.14 bits per heavy atom. The van der Waals surface area contributed by atoms with Crippen LogP contribution >= 0.6 is 0 Å². The minimum Gasteiger partial charge on any atom is -0.474 e. The number of aromatic nitrogens is 4. The summed E-state index contributed by atoms with van der Waals surface area (Å²) >= 11 is 0. The summed E-state index contributed by atoms with van der Waals surface area (Å²) in [6, 6.07) is 3.89. The molecule has 0 radical (unpaired) electrons. The molecular formula is C20H17FN6O2. The lowest BCUT2D eigenvalue weighted by Gasteiger charge is -2.29. The van der Waals surface area contributed by atoms with Crippen molar-refractivity contribution in [2.45, 2.75) is 13.0 Å². The molecule has 3 aromatic heterocycles. The fraction of sp³-hybridized carbons (Fsp3) is 0.200. The van der Waals surface area contributed by atoms with Gasteiger partial charge < -0.3 is 10.1 Å². The summed E-state index contributed by atoms with van der Waals surface area (Å²) in [6.07, 6.45) is 6.02. The van der Waals surface area contributed by atoms with Crippen LogP contribution in [0.25, 0.3) is 0 Å². The van der Waals surface area contributed by atoms with Crippen molar-refractivity contribution in [1.82, 2.24) is 25.5 Å². The van der Waals surface area contributed by atoms with E-state index in [2.05, 4.69) is 37.3 Å². The number of fused-ring (bicyclic) bond motifs is 1. The van der Waals surface area contributed by atoms with Gasteiger partial charge in [0.05, 0.1) is 36.2 Å². The largest absolute Gasteiger partial charge is 0.474 e. The second kappa shape index (κ2) is 7.98. The van der Waals surface area contributed by atoms with Crippen LogP contribution in [-0.4, -0.2) is 39.3 Å². The van der Waals surface area contributed by atoms with E-state index in [1.54, 1.807) is 42.5 Å². The first-order valence-electron chi connectivity index (χ1n) is 8.93. The average Bonchev–Trinajstić information content (AvgIpc) is 3.25. The summed E-state index contributed by atoms with van der Waals surface area (Å²) in [7, 11) is 0. The standard InChI is InChI=1S/C20H17FN6O2/c1-13(17-5-4-16(21)12-22-17)26-20(28)27-6-7-29-19-18(27)8-14(9-23-19)2-3-15-10-24-25-11-15/h4-5,8-13H,6-7H2,1H3,(H,24,25)(H,26,28)/t13-/m0/s1. The number of ether oxygens (including phenoxy) is 1. The molecule has 0 aromatic carbocycles. The minimum absolute atomic E-state index is 0.324. The van der Waals surface area contributed by atoms with Crippen LogP contribution in [0, 0.1) is 17.7 Å². The number of halogens is 1. The Morgan fingerprint density at radius 3 is 2.90 bits per heavy atom. The molecule has 2 amide bonds. The quantitative estimate of drug-likeness (QED) is 0.653. The van der Waals surface area contributed by atoms with Gasteiger partial charge in [0, 0.05) is 18.0 Å². The second-order valence-corrected chi connectivity index (χ2v) is 6.36. The van der Waals surface area contributed by atoms with Crippen LogP contribution in [0.1, 0.15) is 29.8 Å². The van der Waals surface area contributed by atoms with E-state index in [0.717, 1.165) is 11.8 Å². The average molecular weight is 392 g/mol. The number of pyridine rings is 2. The van der Waals surface area contributed by atoms with Crippen molar-refractivity contribution in [3.63, 3.8) is 0 Å². The maximum atomic E-state index is 13.1. The van der Waals surface area contributed by atoms with Gasteiger partial charge in [-0.2, -0.15) is 5.10 Å². The Bertz CT molecular complexity index is 1070. The third-order valence-electron chi connectivity index (χ3n) is 4.31. The molecule has 8 nitrogen and oxygen atoms in total. The Morgan fingerprint density at radius 1 is 1.28 bits per heavy atom. The molecule has 0 aliphatic carbocycles. The van der Waals surface area contributed by atoms with Crippen molar-refractivity contribution in [2.24, 2.45) is 0 Å². The number of carbonyl (C=O) groups excluding carboxylic acids is 1. The number of hydrogen-bond donors (Lipinski definition) is 2. The molecule has 1 atom stereocenters. The molecule has 9 heteroatoms. The van der Waals surface area contributed by atoms with E-state index in [4.69, 9.17) is 4.74 Å². The van der Waals surface area contributed by atoms with E-state index < -0.39 is 11.9 Å². The van der Waals surface area contributed by atoms with Gasteiger partial charge in [-0.15, -0.1) is 0 Å². The van der Waals surface area contributed by atoms with E-state index in [0.29, 0.717) is 36.0 Å². The van der Waals surface area contributed by atoms with E-state index in [1.807, 2.05) is 0 Å². The first-order valence-corrected chi connectivity index (χ1v) is 8.93. The highest BCUT2D eigenvalue weighted by molar-refractivity contribution is 5.94. The smallest absolute Gasteiger partial charge is 0.322 e. The van der Waals surface area contributed by atoms with Crippen molar-refractivity contribution < 1.29 is 13.9 Å². The summed E-state index contributed by atoms with van der Waals surface area (Å²) in [4.78, 5) is 22.7.